The molecule has 0 spiro atoms. The number of nitrogens with two attached hydrogens (primary N) is 1. The molecule has 2 rings (SSSR count). The Morgan fingerprint density at radius 1 is 1.47 bits per heavy atom. The van der Waals surface area contributed by atoms with Crippen molar-refractivity contribution in [3.8, 4) is 0 Å². The van der Waals surface area contributed by atoms with Gasteiger partial charge in [-0.1, -0.05) is 0 Å². The number of fused-ring (bicyclic) bond motifs is 1. The molecule has 2 amide bonds. The van der Waals surface area contributed by atoms with Crippen LogP contribution in [-0.2, 0) is 7.05 Å². The highest BCUT2D eigenvalue weighted by atomic mass is 16.4. The molecule has 19 heavy (non-hydrogen) atoms. The molecule has 0 unspecified atom stereocenters. The summed E-state index contributed by atoms with van der Waals surface area (Å²) in [7, 11) is 1.87. The van der Waals surface area contributed by atoms with E-state index in [0.29, 0.717) is 5.69 Å². The highest BCUT2D eigenvalue weighted by molar-refractivity contribution is 5.88. The summed E-state index contributed by atoms with van der Waals surface area (Å²) in [5.74, 6) is 0. The van der Waals surface area contributed by atoms with Crippen molar-refractivity contribution in [2.24, 2.45) is 17.8 Å². The molecule has 2 aromatic heterocycles. The number of anilines is 1. The molecule has 2 aromatic rings. The maximum Gasteiger partial charge on any atom is 0.432 e. The molecule has 10 nitrogen and oxygen atoms in total. The van der Waals surface area contributed by atoms with Crippen LogP contribution in [0.15, 0.2) is 23.6 Å². The van der Waals surface area contributed by atoms with Crippen molar-refractivity contribution in [1.82, 2.24) is 14.2 Å². The lowest BCUT2D eigenvalue weighted by molar-refractivity contribution is 0.204. The Morgan fingerprint density at radius 2 is 2.11 bits per heavy atom. The van der Waals surface area contributed by atoms with Gasteiger partial charge in [0, 0.05) is 19.4 Å². The van der Waals surface area contributed by atoms with Crippen LogP contribution < -0.4 is 11.1 Å². The molecule has 10 heteroatoms. The van der Waals surface area contributed by atoms with Crippen LogP contribution in [0.1, 0.15) is 0 Å². The number of aromatic nitrogens is 3. The van der Waals surface area contributed by atoms with Crippen LogP contribution in [0.25, 0.3) is 5.65 Å². The largest absolute Gasteiger partial charge is 0.465 e. The van der Waals surface area contributed by atoms with E-state index in [-0.39, 0.29) is 0 Å². The van der Waals surface area contributed by atoms with Gasteiger partial charge in [0.05, 0.1) is 6.20 Å². The molecule has 0 radical (unpaired) electrons. The maximum atomic E-state index is 10.1. The van der Waals surface area contributed by atoms with E-state index >= 15 is 0 Å². The molecular formula is C9H12N6O4. The zero-order chi connectivity index (χ0) is 14.4. The third kappa shape index (κ3) is 4.03. The number of nitrogens with one attached hydrogen (secondary N) is 1. The van der Waals surface area contributed by atoms with Crippen LogP contribution in [0.3, 0.4) is 0 Å². The Hall–Kier alpha value is -3.04. The summed E-state index contributed by atoms with van der Waals surface area (Å²) in [5, 5.41) is 22.3. The van der Waals surface area contributed by atoms with Crippen molar-refractivity contribution < 1.29 is 19.8 Å². The predicted octanol–water partition coefficient (Wildman–Crippen LogP) is 0.414. The van der Waals surface area contributed by atoms with Gasteiger partial charge in [-0.3, -0.25) is 0 Å². The average molecular weight is 268 g/mol. The van der Waals surface area contributed by atoms with Crippen LogP contribution in [-0.4, -0.2) is 42.9 Å². The standard InChI is InChI=1S/C8H9N5O2.CH3NO2/c1-12-2-3-13-7(12)6(4-11-13)9-5-10-8(14)15;2-1(3)4/h2-5H,1H3,(H,9,10)(H,14,15);2H2,(H,3,4). The molecule has 0 bridgehead atoms. The van der Waals surface area contributed by atoms with Crippen molar-refractivity contribution in [3.05, 3.63) is 18.6 Å². The molecule has 102 valence electrons. The molecule has 0 atom stereocenters. The van der Waals surface area contributed by atoms with Crippen molar-refractivity contribution in [2.45, 2.75) is 0 Å². The third-order valence-electron chi connectivity index (χ3n) is 1.93. The first-order valence-corrected chi connectivity index (χ1v) is 4.91. The summed E-state index contributed by atoms with van der Waals surface area (Å²) in [5.41, 5.74) is 5.57. The summed E-state index contributed by atoms with van der Waals surface area (Å²) in [6.45, 7) is 0. The molecule has 0 aliphatic rings. The topological polar surface area (TPSA) is 147 Å². The zero-order valence-electron chi connectivity index (χ0n) is 9.89. The van der Waals surface area contributed by atoms with Crippen LogP contribution in [0.2, 0.25) is 0 Å². The van der Waals surface area contributed by atoms with E-state index in [1.54, 1.807) is 16.9 Å². The first-order valence-electron chi connectivity index (χ1n) is 4.91. The van der Waals surface area contributed by atoms with Crippen molar-refractivity contribution in [1.29, 1.82) is 0 Å². The number of carboxylic acid groups (broad SMARTS) is 2. The summed E-state index contributed by atoms with van der Waals surface area (Å²) in [4.78, 5) is 22.1. The van der Waals surface area contributed by atoms with Crippen LogP contribution in [0.4, 0.5) is 15.3 Å². The molecule has 0 saturated heterocycles. The number of rotatable bonds is 2. The predicted molar refractivity (Wildman–Crippen MR) is 66.5 cm³/mol. The van der Waals surface area contributed by atoms with Gasteiger partial charge in [0.1, 0.15) is 12.0 Å². The van der Waals surface area contributed by atoms with Gasteiger partial charge >= 0.3 is 12.2 Å². The van der Waals surface area contributed by atoms with Gasteiger partial charge in [-0.25, -0.2) is 14.1 Å². The zero-order valence-corrected chi connectivity index (χ0v) is 9.89. The van der Waals surface area contributed by atoms with E-state index in [2.05, 4.69) is 21.1 Å². The molecule has 5 N–H and O–H groups in total. The molecule has 0 aromatic carbocycles. The normalized spacial score (nSPS) is 10.2. The first-order chi connectivity index (χ1) is 8.91. The number of carbonyl (C=O) groups is 2. The van der Waals surface area contributed by atoms with Gasteiger partial charge in [0.15, 0.2) is 5.65 Å². The second-order valence-corrected chi connectivity index (χ2v) is 3.26. The number of aliphatic imine (C=N–C) groups is 1. The number of nitrogens with zero attached hydrogens (tertiary/aromatic N) is 4. The Balaban J connectivity index is 0.000000399. The average Bonchev–Trinajstić information content (AvgIpc) is 2.82. The monoisotopic (exact) mass is 268 g/mol. The summed E-state index contributed by atoms with van der Waals surface area (Å²) in [6.07, 6.45) is 3.80. The molecule has 0 aliphatic heterocycles. The number of hydrogen-bond donors (Lipinski definition) is 4. The van der Waals surface area contributed by atoms with Crippen molar-refractivity contribution >= 4 is 29.9 Å². The third-order valence-corrected chi connectivity index (χ3v) is 1.93. The van der Waals surface area contributed by atoms with Gasteiger partial charge in [0.25, 0.3) is 0 Å². The lowest BCUT2D eigenvalue weighted by Crippen LogP contribution is -2.03. The van der Waals surface area contributed by atoms with Crippen molar-refractivity contribution in [2.75, 3.05) is 5.32 Å². The number of imidazole rings is 1. The van der Waals surface area contributed by atoms with Gasteiger partial charge in [0.2, 0.25) is 0 Å². The van der Waals surface area contributed by atoms with E-state index in [0.717, 1.165) is 12.0 Å². The summed E-state index contributed by atoms with van der Waals surface area (Å²) in [6, 6.07) is 0. The molecular weight excluding hydrogens is 256 g/mol. The lowest BCUT2D eigenvalue weighted by atomic mass is 10.5. The lowest BCUT2D eigenvalue weighted by Gasteiger charge is -1.96. The quantitative estimate of drug-likeness (QED) is 0.458. The van der Waals surface area contributed by atoms with E-state index in [9.17, 15) is 4.79 Å². The van der Waals surface area contributed by atoms with Gasteiger partial charge < -0.3 is 25.8 Å². The second kappa shape index (κ2) is 6.05. The number of primary amides is 1. The number of aryl methyl sites for hydroxylation is 1. The van der Waals surface area contributed by atoms with Crippen LogP contribution >= 0.6 is 0 Å². The minimum atomic E-state index is -1.33. The SMILES string of the molecule is Cn1ccn2ncc(NC=NC(=O)O)c12.NC(=O)O. The van der Waals surface area contributed by atoms with E-state index in [4.69, 9.17) is 15.0 Å². The summed E-state index contributed by atoms with van der Waals surface area (Å²) >= 11 is 0. The first kappa shape index (κ1) is 14.0. The van der Waals surface area contributed by atoms with Gasteiger partial charge in [-0.05, 0) is 0 Å². The number of hydrogen-bond acceptors (Lipinski definition) is 3. The minimum Gasteiger partial charge on any atom is -0.465 e. The minimum absolute atomic E-state index is 0.701. The fourth-order valence-electron chi connectivity index (χ4n) is 1.31. The molecule has 0 fully saturated rings. The Kier molecular flexibility index (Phi) is 4.46. The molecule has 0 saturated carbocycles. The fourth-order valence-corrected chi connectivity index (χ4v) is 1.31. The Morgan fingerprint density at radius 3 is 2.68 bits per heavy atom. The molecule has 0 aliphatic carbocycles. The van der Waals surface area contributed by atoms with E-state index in [1.807, 2.05) is 17.8 Å². The van der Waals surface area contributed by atoms with Crippen molar-refractivity contribution in [3.63, 3.8) is 0 Å². The van der Waals surface area contributed by atoms with Gasteiger partial charge in [-0.15, -0.1) is 0 Å². The summed E-state index contributed by atoms with van der Waals surface area (Å²) < 4.78 is 3.54. The molecule has 2 heterocycles. The second-order valence-electron chi connectivity index (χ2n) is 3.26. The van der Waals surface area contributed by atoms with Crippen LogP contribution in [0.5, 0.6) is 0 Å². The highest BCUT2D eigenvalue weighted by Gasteiger charge is 2.05. The Labute approximate surface area is 106 Å². The van der Waals surface area contributed by atoms with Crippen LogP contribution in [0, 0.1) is 0 Å². The number of amides is 2. The van der Waals surface area contributed by atoms with E-state index < -0.39 is 12.2 Å². The highest BCUT2D eigenvalue weighted by Crippen LogP contribution is 2.14. The Bertz CT molecular complexity index is 609. The fraction of sp³-hybridized carbons (Fsp3) is 0.111. The smallest absolute Gasteiger partial charge is 0.432 e. The van der Waals surface area contributed by atoms with Gasteiger partial charge in [-0.2, -0.15) is 10.1 Å². The maximum absolute atomic E-state index is 10.1. The van der Waals surface area contributed by atoms with E-state index in [1.165, 1.54) is 0 Å².